The van der Waals surface area contributed by atoms with Crippen molar-refractivity contribution in [1.29, 1.82) is 0 Å². The molecule has 0 bridgehead atoms. The van der Waals surface area contributed by atoms with Crippen LogP contribution < -0.4 is 0 Å². The third-order valence-corrected chi connectivity index (χ3v) is 3.79. The van der Waals surface area contributed by atoms with Gasteiger partial charge in [0.1, 0.15) is 5.69 Å². The highest BCUT2D eigenvalue weighted by atomic mass is 79.9. The Morgan fingerprint density at radius 2 is 2.15 bits per heavy atom. The average molecular weight is 356 g/mol. The maximum absolute atomic E-state index is 12.6. The summed E-state index contributed by atoms with van der Waals surface area (Å²) in [6, 6.07) is 9.43. The van der Waals surface area contributed by atoms with Gasteiger partial charge in [-0.05, 0) is 46.6 Å². The Morgan fingerprint density at radius 1 is 1.40 bits per heavy atom. The predicted molar refractivity (Wildman–Crippen MR) is 85.0 cm³/mol. The fraction of sp³-hybridized carbons (Fsp3) is 0.267. The highest BCUT2D eigenvalue weighted by molar-refractivity contribution is 9.10. The maximum Gasteiger partial charge on any atom is 0.270 e. The fourth-order valence-corrected chi connectivity index (χ4v) is 2.82. The van der Waals surface area contributed by atoms with Crippen LogP contribution in [-0.2, 0) is 13.6 Å². The lowest BCUT2D eigenvalue weighted by molar-refractivity contribution is 0.0743. The molecule has 0 N–H and O–H groups in total. The highest BCUT2D eigenvalue weighted by Gasteiger charge is 2.18. The van der Waals surface area contributed by atoms with E-state index in [1.54, 1.807) is 4.90 Å². The summed E-state index contributed by atoms with van der Waals surface area (Å²) in [6.45, 7) is 3.17. The molecule has 1 heterocycles. The van der Waals surface area contributed by atoms with E-state index < -0.39 is 0 Å². The molecule has 2 rings (SSSR count). The molecule has 2 aromatic rings. The minimum atomic E-state index is 0.0145. The van der Waals surface area contributed by atoms with Crippen molar-refractivity contribution in [3.05, 3.63) is 57.3 Å². The van der Waals surface area contributed by atoms with Crippen LogP contribution in [-0.4, -0.2) is 21.9 Å². The normalized spacial score (nSPS) is 10.6. The smallest absolute Gasteiger partial charge is 0.270 e. The quantitative estimate of drug-likeness (QED) is 0.810. The predicted octanol–water partition coefficient (Wildman–Crippen LogP) is 4.10. The molecule has 0 saturated carbocycles. The number of amides is 1. The summed E-state index contributed by atoms with van der Waals surface area (Å²) in [5.41, 5.74) is 1.70. The summed E-state index contributed by atoms with van der Waals surface area (Å²) in [5.74, 6) is 0.0145. The minimum Gasteiger partial charge on any atom is -0.345 e. The number of aryl methyl sites for hydroxylation is 1. The molecular weight excluding hydrogens is 340 g/mol. The highest BCUT2D eigenvalue weighted by Crippen LogP contribution is 2.18. The van der Waals surface area contributed by atoms with Crippen molar-refractivity contribution < 1.29 is 4.79 Å². The first-order valence-corrected chi connectivity index (χ1v) is 7.54. The first kappa shape index (κ1) is 15.1. The van der Waals surface area contributed by atoms with E-state index >= 15 is 0 Å². The monoisotopic (exact) mass is 354 g/mol. The SMILES string of the molecule is CCN(Cc1cccc(Cl)c1)C(=O)c1cc(Br)cn1C. The Labute approximate surface area is 132 Å². The molecule has 3 nitrogen and oxygen atoms in total. The second kappa shape index (κ2) is 6.46. The Hall–Kier alpha value is -1.26. The second-order valence-electron chi connectivity index (χ2n) is 4.60. The molecule has 0 saturated heterocycles. The van der Waals surface area contributed by atoms with Gasteiger partial charge in [0, 0.05) is 35.8 Å². The minimum absolute atomic E-state index is 0.0145. The van der Waals surface area contributed by atoms with Crippen molar-refractivity contribution in [2.75, 3.05) is 6.54 Å². The maximum atomic E-state index is 12.6. The van der Waals surface area contributed by atoms with E-state index in [1.165, 1.54) is 0 Å². The van der Waals surface area contributed by atoms with Crippen LogP contribution >= 0.6 is 27.5 Å². The average Bonchev–Trinajstić information content (AvgIpc) is 2.74. The van der Waals surface area contributed by atoms with Crippen molar-refractivity contribution in [1.82, 2.24) is 9.47 Å². The largest absolute Gasteiger partial charge is 0.345 e. The molecule has 1 amide bonds. The van der Waals surface area contributed by atoms with Crippen molar-refractivity contribution >= 4 is 33.4 Å². The summed E-state index contributed by atoms with van der Waals surface area (Å²) in [4.78, 5) is 14.3. The van der Waals surface area contributed by atoms with E-state index in [0.29, 0.717) is 23.8 Å². The standard InChI is InChI=1S/C15H16BrClN2O/c1-3-19(9-11-5-4-6-13(17)7-11)15(20)14-8-12(16)10-18(14)2/h4-8,10H,3,9H2,1-2H3. The number of hydrogen-bond donors (Lipinski definition) is 0. The van der Waals surface area contributed by atoms with Crippen LogP contribution in [0.25, 0.3) is 0 Å². The fourth-order valence-electron chi connectivity index (χ4n) is 2.08. The number of carbonyl (C=O) groups excluding carboxylic acids is 1. The van der Waals surface area contributed by atoms with E-state index in [0.717, 1.165) is 10.0 Å². The summed E-state index contributed by atoms with van der Waals surface area (Å²) in [7, 11) is 1.87. The summed E-state index contributed by atoms with van der Waals surface area (Å²) in [5, 5.41) is 0.688. The molecule has 0 fully saturated rings. The molecular formula is C15H16BrClN2O. The third-order valence-electron chi connectivity index (χ3n) is 3.12. The number of rotatable bonds is 4. The van der Waals surface area contributed by atoms with E-state index in [9.17, 15) is 4.79 Å². The second-order valence-corrected chi connectivity index (χ2v) is 5.96. The lowest BCUT2D eigenvalue weighted by atomic mass is 10.2. The van der Waals surface area contributed by atoms with Crippen LogP contribution in [0.1, 0.15) is 23.0 Å². The zero-order valence-corrected chi connectivity index (χ0v) is 13.8. The van der Waals surface area contributed by atoms with Gasteiger partial charge in [-0.1, -0.05) is 23.7 Å². The number of hydrogen-bond acceptors (Lipinski definition) is 1. The van der Waals surface area contributed by atoms with Crippen molar-refractivity contribution in [2.24, 2.45) is 7.05 Å². The summed E-state index contributed by atoms with van der Waals surface area (Å²) >= 11 is 9.37. The molecule has 1 aromatic heterocycles. The van der Waals surface area contributed by atoms with Gasteiger partial charge >= 0.3 is 0 Å². The zero-order valence-electron chi connectivity index (χ0n) is 11.4. The molecule has 0 aliphatic carbocycles. The van der Waals surface area contributed by atoms with E-state index in [4.69, 9.17) is 11.6 Å². The van der Waals surface area contributed by atoms with Gasteiger partial charge < -0.3 is 9.47 Å². The van der Waals surface area contributed by atoms with Crippen LogP contribution in [0.15, 0.2) is 41.0 Å². The molecule has 20 heavy (non-hydrogen) atoms. The van der Waals surface area contributed by atoms with Gasteiger partial charge in [-0.2, -0.15) is 0 Å². The van der Waals surface area contributed by atoms with Gasteiger partial charge in [0.05, 0.1) is 0 Å². The summed E-state index contributed by atoms with van der Waals surface area (Å²) in [6.07, 6.45) is 1.88. The van der Waals surface area contributed by atoms with Gasteiger partial charge in [-0.3, -0.25) is 4.79 Å². The first-order valence-electron chi connectivity index (χ1n) is 6.37. The topological polar surface area (TPSA) is 25.2 Å². The van der Waals surface area contributed by atoms with E-state index in [1.807, 2.05) is 55.1 Å². The van der Waals surface area contributed by atoms with Crippen LogP contribution in [0.4, 0.5) is 0 Å². The molecule has 5 heteroatoms. The van der Waals surface area contributed by atoms with Gasteiger partial charge in [0.25, 0.3) is 5.91 Å². The van der Waals surface area contributed by atoms with Crippen LogP contribution in [0.3, 0.4) is 0 Å². The summed E-state index contributed by atoms with van der Waals surface area (Å²) < 4.78 is 2.73. The lowest BCUT2D eigenvalue weighted by Gasteiger charge is -2.21. The molecule has 0 unspecified atom stereocenters. The molecule has 106 valence electrons. The third kappa shape index (κ3) is 3.44. The zero-order chi connectivity index (χ0) is 14.7. The van der Waals surface area contributed by atoms with Gasteiger partial charge in [0.2, 0.25) is 0 Å². The van der Waals surface area contributed by atoms with Crippen molar-refractivity contribution in [3.63, 3.8) is 0 Å². The Bertz CT molecular complexity index is 624. The molecule has 0 aliphatic heterocycles. The number of carbonyl (C=O) groups is 1. The molecule has 0 atom stereocenters. The van der Waals surface area contributed by atoms with E-state index in [-0.39, 0.29) is 5.91 Å². The number of nitrogens with zero attached hydrogens (tertiary/aromatic N) is 2. The Balaban J connectivity index is 2.20. The molecule has 0 spiro atoms. The van der Waals surface area contributed by atoms with E-state index in [2.05, 4.69) is 15.9 Å². The van der Waals surface area contributed by atoms with Crippen molar-refractivity contribution in [3.8, 4) is 0 Å². The molecule has 1 aromatic carbocycles. The Morgan fingerprint density at radius 3 is 2.70 bits per heavy atom. The Kier molecular flexibility index (Phi) is 4.89. The van der Waals surface area contributed by atoms with Crippen LogP contribution in [0.5, 0.6) is 0 Å². The number of benzene rings is 1. The van der Waals surface area contributed by atoms with Gasteiger partial charge in [0.15, 0.2) is 0 Å². The number of aromatic nitrogens is 1. The molecule has 0 aliphatic rings. The van der Waals surface area contributed by atoms with Crippen molar-refractivity contribution in [2.45, 2.75) is 13.5 Å². The number of halogens is 2. The van der Waals surface area contributed by atoms with Crippen LogP contribution in [0.2, 0.25) is 5.02 Å². The molecule has 0 radical (unpaired) electrons. The lowest BCUT2D eigenvalue weighted by Crippen LogP contribution is -2.31. The van der Waals surface area contributed by atoms with Crippen LogP contribution in [0, 0.1) is 0 Å². The van der Waals surface area contributed by atoms with Gasteiger partial charge in [-0.25, -0.2) is 0 Å². The van der Waals surface area contributed by atoms with Gasteiger partial charge in [-0.15, -0.1) is 0 Å². The first-order chi connectivity index (χ1) is 9.51.